The summed E-state index contributed by atoms with van der Waals surface area (Å²) in [7, 11) is 0. The molecule has 0 heterocycles. The molecule has 0 bridgehead atoms. The molecule has 0 radical (unpaired) electrons. The summed E-state index contributed by atoms with van der Waals surface area (Å²) in [6.07, 6.45) is 0. The zero-order valence-electron chi connectivity index (χ0n) is 11.6. The van der Waals surface area contributed by atoms with E-state index in [1.165, 1.54) is 6.07 Å². The smallest absolute Gasteiger partial charge is 0.258 e. The van der Waals surface area contributed by atoms with Gasteiger partial charge in [-0.3, -0.25) is 4.79 Å². The first-order valence-corrected chi connectivity index (χ1v) is 6.44. The van der Waals surface area contributed by atoms with Gasteiger partial charge >= 0.3 is 0 Å². The molecule has 1 aromatic carbocycles. The summed E-state index contributed by atoms with van der Waals surface area (Å²) in [5.41, 5.74) is 0.846. The number of nitrogens with one attached hydrogen (secondary N) is 2. The highest BCUT2D eigenvalue weighted by molar-refractivity contribution is 5.77. The third kappa shape index (κ3) is 5.70. The average molecular weight is 268 g/mol. The first-order valence-electron chi connectivity index (χ1n) is 6.44. The molecule has 0 fully saturated rings. The molecule has 4 nitrogen and oxygen atoms in total. The zero-order valence-corrected chi connectivity index (χ0v) is 11.6. The van der Waals surface area contributed by atoms with Gasteiger partial charge in [-0.1, -0.05) is 13.0 Å². The van der Waals surface area contributed by atoms with Gasteiger partial charge in [-0.15, -0.1) is 0 Å². The lowest BCUT2D eigenvalue weighted by molar-refractivity contribution is -0.123. The minimum atomic E-state index is -0.451. The summed E-state index contributed by atoms with van der Waals surface area (Å²) in [6.45, 7) is 6.96. The minimum absolute atomic E-state index is 0.0449. The predicted octanol–water partition coefficient (Wildman–Crippen LogP) is 1.84. The maximum absolute atomic E-state index is 13.7. The van der Waals surface area contributed by atoms with Crippen molar-refractivity contribution in [2.75, 3.05) is 13.2 Å². The molecule has 1 rings (SSSR count). The van der Waals surface area contributed by atoms with Crippen LogP contribution in [0, 0.1) is 5.82 Å². The Kier molecular flexibility index (Phi) is 6.29. The fourth-order valence-corrected chi connectivity index (χ4v) is 1.55. The van der Waals surface area contributed by atoms with Crippen molar-refractivity contribution in [2.24, 2.45) is 0 Å². The Morgan fingerprint density at radius 1 is 1.42 bits per heavy atom. The first kappa shape index (κ1) is 15.4. The van der Waals surface area contributed by atoms with Crippen molar-refractivity contribution in [1.82, 2.24) is 10.6 Å². The fraction of sp³-hybridized carbons (Fsp3) is 0.500. The number of hydrogen-bond donors (Lipinski definition) is 2. The molecule has 0 aliphatic carbocycles. The lowest BCUT2D eigenvalue weighted by Gasteiger charge is -2.11. The van der Waals surface area contributed by atoms with Crippen LogP contribution in [-0.2, 0) is 11.3 Å². The van der Waals surface area contributed by atoms with Crippen LogP contribution in [0.1, 0.15) is 26.3 Å². The maximum Gasteiger partial charge on any atom is 0.258 e. The highest BCUT2D eigenvalue weighted by Gasteiger charge is 2.08. The van der Waals surface area contributed by atoms with E-state index in [0.717, 1.165) is 12.1 Å². The second kappa shape index (κ2) is 7.74. The van der Waals surface area contributed by atoms with E-state index in [1.54, 1.807) is 12.1 Å². The van der Waals surface area contributed by atoms with Gasteiger partial charge in [0.15, 0.2) is 18.2 Å². The largest absolute Gasteiger partial charge is 0.481 e. The third-order valence-electron chi connectivity index (χ3n) is 2.38. The molecule has 0 aliphatic heterocycles. The summed E-state index contributed by atoms with van der Waals surface area (Å²) >= 11 is 0. The molecule has 1 amide bonds. The van der Waals surface area contributed by atoms with Gasteiger partial charge in [0.05, 0.1) is 0 Å². The van der Waals surface area contributed by atoms with E-state index < -0.39 is 5.82 Å². The van der Waals surface area contributed by atoms with E-state index in [-0.39, 0.29) is 24.3 Å². The summed E-state index contributed by atoms with van der Waals surface area (Å²) in [5, 5.41) is 5.79. The number of carbonyl (C=O) groups excluding carboxylic acids is 1. The molecule has 0 saturated heterocycles. The highest BCUT2D eigenvalue weighted by Crippen LogP contribution is 2.18. The van der Waals surface area contributed by atoms with Crippen molar-refractivity contribution in [3.05, 3.63) is 29.6 Å². The molecule has 0 unspecified atom stereocenters. The topological polar surface area (TPSA) is 50.4 Å². The fourth-order valence-electron chi connectivity index (χ4n) is 1.55. The number of ether oxygens (including phenoxy) is 1. The van der Waals surface area contributed by atoms with Crippen LogP contribution in [0.25, 0.3) is 0 Å². The molecule has 0 saturated carbocycles. The van der Waals surface area contributed by atoms with Crippen molar-refractivity contribution in [1.29, 1.82) is 0 Å². The van der Waals surface area contributed by atoms with Gasteiger partial charge in [-0.25, -0.2) is 4.39 Å². The zero-order chi connectivity index (χ0) is 14.3. The van der Waals surface area contributed by atoms with Crippen LogP contribution in [0.15, 0.2) is 18.2 Å². The first-order chi connectivity index (χ1) is 9.02. The number of hydrogen-bond acceptors (Lipinski definition) is 3. The van der Waals surface area contributed by atoms with Crippen molar-refractivity contribution < 1.29 is 13.9 Å². The van der Waals surface area contributed by atoms with Crippen LogP contribution in [0.2, 0.25) is 0 Å². The van der Waals surface area contributed by atoms with Gasteiger partial charge in [0.2, 0.25) is 0 Å². The van der Waals surface area contributed by atoms with Crippen molar-refractivity contribution >= 4 is 5.91 Å². The Morgan fingerprint density at radius 3 is 2.74 bits per heavy atom. The molecular weight excluding hydrogens is 247 g/mol. The summed E-state index contributed by atoms with van der Waals surface area (Å²) < 4.78 is 18.9. The number of halogens is 1. The number of carbonyl (C=O) groups is 1. The summed E-state index contributed by atoms with van der Waals surface area (Å²) in [6, 6.07) is 4.79. The van der Waals surface area contributed by atoms with E-state index in [9.17, 15) is 9.18 Å². The Morgan fingerprint density at radius 2 is 2.16 bits per heavy atom. The molecule has 0 spiro atoms. The number of benzene rings is 1. The SMILES string of the molecule is CCNCc1ccc(OCC(=O)NC(C)C)c(F)c1. The van der Waals surface area contributed by atoms with Crippen LogP contribution in [-0.4, -0.2) is 25.1 Å². The van der Waals surface area contributed by atoms with Gasteiger partial charge in [0, 0.05) is 12.6 Å². The lowest BCUT2D eigenvalue weighted by Crippen LogP contribution is -2.34. The molecule has 0 atom stereocenters. The van der Waals surface area contributed by atoms with Gasteiger partial charge < -0.3 is 15.4 Å². The van der Waals surface area contributed by atoms with Crippen molar-refractivity contribution in [3.8, 4) is 5.75 Å². The summed E-state index contributed by atoms with van der Waals surface area (Å²) in [4.78, 5) is 11.4. The molecular formula is C14H21FN2O2. The molecule has 0 aliphatic rings. The minimum Gasteiger partial charge on any atom is -0.481 e. The molecule has 5 heteroatoms. The standard InChI is InChI=1S/C14H21FN2O2/c1-4-16-8-11-5-6-13(12(15)7-11)19-9-14(18)17-10(2)3/h5-7,10,16H,4,8-9H2,1-3H3,(H,17,18). The average Bonchev–Trinajstić information content (AvgIpc) is 2.34. The van der Waals surface area contributed by atoms with E-state index in [1.807, 2.05) is 20.8 Å². The summed E-state index contributed by atoms with van der Waals surface area (Å²) in [5.74, 6) is -0.613. The molecule has 106 valence electrons. The van der Waals surface area contributed by atoms with Gasteiger partial charge in [0.1, 0.15) is 0 Å². The van der Waals surface area contributed by atoms with Gasteiger partial charge in [-0.05, 0) is 38.1 Å². The van der Waals surface area contributed by atoms with E-state index in [2.05, 4.69) is 10.6 Å². The normalized spacial score (nSPS) is 10.6. The van der Waals surface area contributed by atoms with Crippen LogP contribution in [0.4, 0.5) is 4.39 Å². The maximum atomic E-state index is 13.7. The van der Waals surface area contributed by atoms with E-state index in [0.29, 0.717) is 6.54 Å². The number of rotatable bonds is 7. The van der Waals surface area contributed by atoms with Crippen molar-refractivity contribution in [2.45, 2.75) is 33.4 Å². The Balaban J connectivity index is 2.52. The second-order valence-corrected chi connectivity index (χ2v) is 4.56. The van der Waals surface area contributed by atoms with Gasteiger partial charge in [0.25, 0.3) is 5.91 Å². The lowest BCUT2D eigenvalue weighted by atomic mass is 10.2. The Bertz CT molecular complexity index is 422. The van der Waals surface area contributed by atoms with Crippen molar-refractivity contribution in [3.63, 3.8) is 0 Å². The molecule has 2 N–H and O–H groups in total. The molecule has 19 heavy (non-hydrogen) atoms. The Labute approximate surface area is 113 Å². The molecule has 0 aromatic heterocycles. The monoisotopic (exact) mass is 268 g/mol. The third-order valence-corrected chi connectivity index (χ3v) is 2.38. The van der Waals surface area contributed by atoms with Crippen LogP contribution in [0.3, 0.4) is 0 Å². The quantitative estimate of drug-likeness (QED) is 0.793. The molecule has 1 aromatic rings. The van der Waals surface area contributed by atoms with E-state index >= 15 is 0 Å². The number of amides is 1. The van der Waals surface area contributed by atoms with E-state index in [4.69, 9.17) is 4.74 Å². The highest BCUT2D eigenvalue weighted by atomic mass is 19.1. The van der Waals surface area contributed by atoms with Gasteiger partial charge in [-0.2, -0.15) is 0 Å². The Hall–Kier alpha value is -1.62. The van der Waals surface area contributed by atoms with Crippen LogP contribution >= 0.6 is 0 Å². The second-order valence-electron chi connectivity index (χ2n) is 4.56. The van der Waals surface area contributed by atoms with Crippen LogP contribution < -0.4 is 15.4 Å². The predicted molar refractivity (Wildman–Crippen MR) is 72.6 cm³/mol. The van der Waals surface area contributed by atoms with Crippen LogP contribution in [0.5, 0.6) is 5.75 Å².